The van der Waals surface area contributed by atoms with Crippen LogP contribution in [0.3, 0.4) is 0 Å². The highest BCUT2D eigenvalue weighted by Crippen LogP contribution is 2.50. The van der Waals surface area contributed by atoms with Crippen LogP contribution in [0.2, 0.25) is 0 Å². The van der Waals surface area contributed by atoms with Crippen LogP contribution in [0.1, 0.15) is 43.7 Å². The van der Waals surface area contributed by atoms with Gasteiger partial charge in [-0.1, -0.05) is 30.7 Å². The number of benzene rings is 2. The average Bonchev–Trinajstić information content (AvgIpc) is 2.87. The summed E-state index contributed by atoms with van der Waals surface area (Å²) in [7, 11) is 3.24. The molecular formula is C30H28O6. The minimum Gasteiger partial charge on any atom is -0.496 e. The Morgan fingerprint density at radius 1 is 0.889 bits per heavy atom. The van der Waals surface area contributed by atoms with Crippen molar-refractivity contribution in [3.05, 3.63) is 98.2 Å². The number of methoxy groups -OCH3 is 2. The molecule has 0 aliphatic heterocycles. The second kappa shape index (κ2) is 9.19. The van der Waals surface area contributed by atoms with Crippen molar-refractivity contribution in [2.24, 2.45) is 5.41 Å². The SMILES string of the molecule is COc1cc2oc(=O)ccc2cc1C=CC1(C)CCC(C)=CC1c1cc2ccc(=O)oc2cc1OC. The molecule has 6 nitrogen and oxygen atoms in total. The Hall–Kier alpha value is -4.06. The van der Waals surface area contributed by atoms with Gasteiger partial charge in [-0.3, -0.25) is 0 Å². The molecule has 0 saturated carbocycles. The molecule has 2 unspecified atom stereocenters. The van der Waals surface area contributed by atoms with Crippen LogP contribution in [-0.2, 0) is 0 Å². The number of allylic oxidation sites excluding steroid dienone is 3. The van der Waals surface area contributed by atoms with Gasteiger partial charge in [-0.05, 0) is 49.4 Å². The fraction of sp³-hybridized carbons (Fsp3) is 0.267. The van der Waals surface area contributed by atoms with Crippen molar-refractivity contribution < 1.29 is 18.3 Å². The maximum Gasteiger partial charge on any atom is 0.336 e. The molecule has 0 radical (unpaired) electrons. The maximum absolute atomic E-state index is 11.7. The fourth-order valence-corrected chi connectivity index (χ4v) is 5.05. The molecule has 1 aliphatic carbocycles. The first-order valence-electron chi connectivity index (χ1n) is 11.9. The zero-order chi connectivity index (χ0) is 25.4. The highest BCUT2D eigenvalue weighted by atomic mass is 16.5. The number of hydrogen-bond donors (Lipinski definition) is 0. The molecule has 0 N–H and O–H groups in total. The summed E-state index contributed by atoms with van der Waals surface area (Å²) in [5.74, 6) is 1.36. The molecule has 2 atom stereocenters. The first kappa shape index (κ1) is 23.7. The second-order valence-corrected chi connectivity index (χ2v) is 9.60. The summed E-state index contributed by atoms with van der Waals surface area (Å²) in [5.41, 5.74) is 3.26. The van der Waals surface area contributed by atoms with E-state index in [1.165, 1.54) is 17.7 Å². The Balaban J connectivity index is 1.61. The fourth-order valence-electron chi connectivity index (χ4n) is 5.05. The van der Waals surface area contributed by atoms with Gasteiger partial charge in [0.15, 0.2) is 0 Å². The Bertz CT molecular complexity index is 1640. The van der Waals surface area contributed by atoms with Crippen molar-refractivity contribution in [2.75, 3.05) is 14.2 Å². The number of fused-ring (bicyclic) bond motifs is 2. The number of ether oxygens (including phenoxy) is 2. The molecule has 5 rings (SSSR count). The third kappa shape index (κ3) is 4.35. The molecule has 0 spiro atoms. The van der Waals surface area contributed by atoms with Crippen molar-refractivity contribution in [3.8, 4) is 11.5 Å². The van der Waals surface area contributed by atoms with Gasteiger partial charge in [0, 0.05) is 52.1 Å². The van der Waals surface area contributed by atoms with Gasteiger partial charge in [0.25, 0.3) is 0 Å². The van der Waals surface area contributed by atoms with Crippen LogP contribution >= 0.6 is 0 Å². The largest absolute Gasteiger partial charge is 0.496 e. The topological polar surface area (TPSA) is 78.9 Å². The highest BCUT2D eigenvalue weighted by Gasteiger charge is 2.36. The van der Waals surface area contributed by atoms with Crippen LogP contribution in [0.25, 0.3) is 28.0 Å². The van der Waals surface area contributed by atoms with Crippen molar-refractivity contribution in [1.29, 1.82) is 0 Å². The van der Waals surface area contributed by atoms with Crippen molar-refractivity contribution in [3.63, 3.8) is 0 Å². The number of hydrogen-bond acceptors (Lipinski definition) is 6. The summed E-state index contributed by atoms with van der Waals surface area (Å²) in [6, 6.07) is 14.0. The minimum absolute atomic E-state index is 0.0400. The predicted molar refractivity (Wildman–Crippen MR) is 141 cm³/mol. The van der Waals surface area contributed by atoms with Crippen LogP contribution in [0.4, 0.5) is 0 Å². The van der Waals surface area contributed by atoms with Gasteiger partial charge < -0.3 is 18.3 Å². The molecule has 6 heteroatoms. The van der Waals surface area contributed by atoms with Crippen LogP contribution in [0.5, 0.6) is 11.5 Å². The summed E-state index contributed by atoms with van der Waals surface area (Å²) in [6.45, 7) is 4.40. The van der Waals surface area contributed by atoms with E-state index in [0.29, 0.717) is 22.7 Å². The van der Waals surface area contributed by atoms with Gasteiger partial charge in [-0.2, -0.15) is 0 Å². The average molecular weight is 485 g/mol. The molecule has 4 aromatic rings. The molecule has 184 valence electrons. The van der Waals surface area contributed by atoms with Gasteiger partial charge >= 0.3 is 11.3 Å². The van der Waals surface area contributed by atoms with E-state index in [-0.39, 0.29) is 17.0 Å². The van der Waals surface area contributed by atoms with E-state index in [2.05, 4.69) is 38.1 Å². The van der Waals surface area contributed by atoms with Gasteiger partial charge in [-0.25, -0.2) is 9.59 Å². The first-order chi connectivity index (χ1) is 17.3. The molecule has 0 bridgehead atoms. The summed E-state index contributed by atoms with van der Waals surface area (Å²) >= 11 is 0. The zero-order valence-electron chi connectivity index (χ0n) is 20.8. The second-order valence-electron chi connectivity index (χ2n) is 9.60. The smallest absolute Gasteiger partial charge is 0.336 e. The van der Waals surface area contributed by atoms with Crippen LogP contribution < -0.4 is 20.7 Å². The standard InChI is InChI=1S/C30H28O6/c1-18-9-11-30(2,12-10-21-14-19-5-7-28(31)35-25(19)16-24(21)33-3)23(13-18)22-15-20-6-8-29(32)36-26(20)17-27(22)34-4/h5-8,10,12-17,23H,9,11H2,1-4H3. The maximum atomic E-state index is 11.7. The lowest BCUT2D eigenvalue weighted by atomic mass is 9.66. The van der Waals surface area contributed by atoms with E-state index in [1.807, 2.05) is 6.07 Å². The van der Waals surface area contributed by atoms with Crippen molar-refractivity contribution in [1.82, 2.24) is 0 Å². The highest BCUT2D eigenvalue weighted by molar-refractivity contribution is 5.83. The molecule has 0 saturated heterocycles. The summed E-state index contributed by atoms with van der Waals surface area (Å²) in [5, 5.41) is 1.68. The molecule has 0 fully saturated rings. The van der Waals surface area contributed by atoms with E-state index >= 15 is 0 Å². The number of rotatable bonds is 5. The summed E-state index contributed by atoms with van der Waals surface area (Å²) < 4.78 is 22.1. The predicted octanol–water partition coefficient (Wildman–Crippen LogP) is 6.46. The molecule has 1 aliphatic rings. The monoisotopic (exact) mass is 484 g/mol. The Kier molecular flexibility index (Phi) is 6.04. The van der Waals surface area contributed by atoms with Gasteiger partial charge in [0.1, 0.15) is 22.7 Å². The normalized spacial score (nSPS) is 20.1. The first-order valence-corrected chi connectivity index (χ1v) is 11.9. The Morgan fingerprint density at radius 2 is 1.50 bits per heavy atom. The quantitative estimate of drug-likeness (QED) is 0.239. The molecule has 2 heterocycles. The third-order valence-corrected chi connectivity index (χ3v) is 7.14. The van der Waals surface area contributed by atoms with Crippen LogP contribution in [0.15, 0.2) is 84.7 Å². The lowest BCUT2D eigenvalue weighted by molar-refractivity contribution is 0.322. The van der Waals surface area contributed by atoms with Crippen LogP contribution in [0, 0.1) is 5.41 Å². The van der Waals surface area contributed by atoms with Gasteiger partial charge in [-0.15, -0.1) is 0 Å². The van der Waals surface area contributed by atoms with Crippen molar-refractivity contribution in [2.45, 2.75) is 32.6 Å². The molecule has 36 heavy (non-hydrogen) atoms. The third-order valence-electron chi connectivity index (χ3n) is 7.14. The van der Waals surface area contributed by atoms with Gasteiger partial charge in [0.05, 0.1) is 14.2 Å². The summed E-state index contributed by atoms with van der Waals surface area (Å²) in [4.78, 5) is 23.4. The molecular weight excluding hydrogens is 456 g/mol. The lowest BCUT2D eigenvalue weighted by Crippen LogP contribution is -2.26. The van der Waals surface area contributed by atoms with E-state index in [4.69, 9.17) is 18.3 Å². The van der Waals surface area contributed by atoms with E-state index in [1.54, 1.807) is 38.5 Å². The van der Waals surface area contributed by atoms with E-state index < -0.39 is 5.63 Å². The van der Waals surface area contributed by atoms with Crippen LogP contribution in [-0.4, -0.2) is 14.2 Å². The van der Waals surface area contributed by atoms with Gasteiger partial charge in [0.2, 0.25) is 0 Å². The van der Waals surface area contributed by atoms with Crippen molar-refractivity contribution >= 4 is 28.0 Å². The minimum atomic E-state index is -0.392. The lowest BCUT2D eigenvalue weighted by Gasteiger charge is -2.38. The molecule has 2 aromatic heterocycles. The van der Waals surface area contributed by atoms with E-state index in [0.717, 1.165) is 34.7 Å². The molecule has 0 amide bonds. The Morgan fingerprint density at radius 3 is 2.14 bits per heavy atom. The molecule has 2 aromatic carbocycles. The van der Waals surface area contributed by atoms with E-state index in [9.17, 15) is 9.59 Å². The summed E-state index contributed by atoms with van der Waals surface area (Å²) in [6.07, 6.45) is 8.56. The Labute approximate surface area is 208 Å². The zero-order valence-corrected chi connectivity index (χ0v) is 20.8.